The lowest BCUT2D eigenvalue weighted by atomic mass is 10.3. The van der Waals surface area contributed by atoms with Gasteiger partial charge in [-0.25, -0.2) is 17.9 Å². The minimum absolute atomic E-state index is 0.0378. The van der Waals surface area contributed by atoms with Crippen LogP contribution in [0.15, 0.2) is 23.1 Å². The third-order valence-corrected chi connectivity index (χ3v) is 5.80. The summed E-state index contributed by atoms with van der Waals surface area (Å²) in [5, 5.41) is 0. The minimum Gasteiger partial charge on any atom is -0.493 e. The summed E-state index contributed by atoms with van der Waals surface area (Å²) in [5.74, 6) is 0.338. The van der Waals surface area contributed by atoms with Gasteiger partial charge in [0.25, 0.3) is 10.2 Å². The maximum atomic E-state index is 12.2. The van der Waals surface area contributed by atoms with Crippen LogP contribution in [-0.2, 0) is 20.0 Å². The Hall–Kier alpha value is -1.36. The molecule has 0 unspecified atom stereocenters. The van der Waals surface area contributed by atoms with Crippen LogP contribution in [0.4, 0.5) is 0 Å². The lowest BCUT2D eigenvalue weighted by molar-refractivity contribution is 0.354. The predicted octanol–water partition coefficient (Wildman–Crippen LogP) is 0.312. The fourth-order valence-corrected chi connectivity index (χ4v) is 3.97. The van der Waals surface area contributed by atoms with Crippen molar-refractivity contribution in [2.45, 2.75) is 18.2 Å². The van der Waals surface area contributed by atoms with Crippen LogP contribution < -0.4 is 18.9 Å². The summed E-state index contributed by atoms with van der Waals surface area (Å²) in [7, 11) is -4.48. The summed E-state index contributed by atoms with van der Waals surface area (Å²) in [6.45, 7) is 1.89. The maximum Gasteiger partial charge on any atom is 0.276 e. The highest BCUT2D eigenvalue weighted by Crippen LogP contribution is 2.29. The number of hydrogen-bond acceptors (Lipinski definition) is 6. The van der Waals surface area contributed by atoms with Gasteiger partial charge < -0.3 is 9.47 Å². The van der Waals surface area contributed by atoms with Crippen molar-refractivity contribution < 1.29 is 26.3 Å². The van der Waals surface area contributed by atoms with E-state index >= 15 is 0 Å². The second kappa shape index (κ2) is 8.48. The van der Waals surface area contributed by atoms with Crippen LogP contribution in [0.3, 0.4) is 0 Å². The van der Waals surface area contributed by atoms with Crippen LogP contribution >= 0.6 is 0 Å². The monoisotopic (exact) mass is 366 g/mol. The van der Waals surface area contributed by atoms with Crippen LogP contribution in [-0.4, -0.2) is 49.9 Å². The molecule has 0 aliphatic carbocycles. The van der Waals surface area contributed by atoms with Crippen LogP contribution in [0.2, 0.25) is 0 Å². The van der Waals surface area contributed by atoms with E-state index in [9.17, 15) is 16.8 Å². The molecule has 2 N–H and O–H groups in total. The average molecular weight is 366 g/mol. The zero-order chi connectivity index (χ0) is 17.5. The van der Waals surface area contributed by atoms with E-state index in [0.717, 1.165) is 0 Å². The van der Waals surface area contributed by atoms with Crippen molar-refractivity contribution in [3.63, 3.8) is 0 Å². The normalized spacial score (nSPS) is 12.1. The third kappa shape index (κ3) is 5.98. The number of nitrogens with one attached hydrogen (secondary N) is 2. The fraction of sp³-hybridized carbons (Fsp3) is 0.538. The summed E-state index contributed by atoms with van der Waals surface area (Å²) < 4.78 is 62.2. The van der Waals surface area contributed by atoms with Gasteiger partial charge in [-0.1, -0.05) is 6.92 Å². The van der Waals surface area contributed by atoms with E-state index < -0.39 is 20.0 Å². The van der Waals surface area contributed by atoms with Gasteiger partial charge in [-0.05, 0) is 18.6 Å². The molecule has 23 heavy (non-hydrogen) atoms. The quantitative estimate of drug-likeness (QED) is 0.617. The zero-order valence-corrected chi connectivity index (χ0v) is 15.0. The molecule has 10 heteroatoms. The van der Waals surface area contributed by atoms with Gasteiger partial charge in [-0.2, -0.15) is 8.42 Å². The van der Waals surface area contributed by atoms with E-state index in [2.05, 4.69) is 9.44 Å². The molecule has 0 bridgehead atoms. The van der Waals surface area contributed by atoms with E-state index in [4.69, 9.17) is 9.47 Å². The first-order chi connectivity index (χ1) is 10.8. The molecule has 132 valence electrons. The minimum atomic E-state index is -3.68. The summed E-state index contributed by atoms with van der Waals surface area (Å²) in [4.78, 5) is 0.0378. The number of methoxy groups -OCH3 is 2. The summed E-state index contributed by atoms with van der Waals surface area (Å²) in [6.07, 6.45) is 0.644. The van der Waals surface area contributed by atoms with Gasteiger partial charge in [0.15, 0.2) is 21.3 Å². The second-order valence-corrected chi connectivity index (χ2v) is 8.32. The molecule has 0 atom stereocenters. The van der Waals surface area contributed by atoms with E-state index in [1.807, 2.05) is 6.92 Å². The molecule has 1 aromatic carbocycles. The predicted molar refractivity (Wildman–Crippen MR) is 86.8 cm³/mol. The summed E-state index contributed by atoms with van der Waals surface area (Å²) in [6, 6.07) is 4.22. The Bertz CT molecular complexity index is 716. The molecule has 0 radical (unpaired) electrons. The Morgan fingerprint density at radius 2 is 1.57 bits per heavy atom. The highest BCUT2D eigenvalue weighted by Gasteiger charge is 2.18. The molecule has 0 amide bonds. The Kier molecular flexibility index (Phi) is 7.26. The van der Waals surface area contributed by atoms with Crippen LogP contribution in [0.5, 0.6) is 11.5 Å². The van der Waals surface area contributed by atoms with E-state index in [1.54, 1.807) is 0 Å². The molecule has 0 heterocycles. The van der Waals surface area contributed by atoms with Crippen molar-refractivity contribution in [1.82, 2.24) is 9.44 Å². The van der Waals surface area contributed by atoms with Crippen molar-refractivity contribution in [2.75, 3.05) is 33.1 Å². The van der Waals surface area contributed by atoms with Crippen LogP contribution in [0.25, 0.3) is 0 Å². The number of benzene rings is 1. The van der Waals surface area contributed by atoms with Gasteiger partial charge in [-0.15, -0.1) is 0 Å². The zero-order valence-electron chi connectivity index (χ0n) is 13.3. The topological polar surface area (TPSA) is 111 Å². The highest BCUT2D eigenvalue weighted by molar-refractivity contribution is 7.91. The molecule has 0 saturated heterocycles. The molecule has 0 aliphatic rings. The van der Waals surface area contributed by atoms with Gasteiger partial charge >= 0.3 is 0 Å². The second-order valence-electron chi connectivity index (χ2n) is 4.63. The Labute approximate surface area is 137 Å². The SMILES string of the molecule is CCCNS(=O)(=O)NCCS(=O)(=O)c1ccc(OC)c(OC)c1. The van der Waals surface area contributed by atoms with Gasteiger partial charge in [0, 0.05) is 19.2 Å². The van der Waals surface area contributed by atoms with Crippen molar-refractivity contribution in [1.29, 1.82) is 0 Å². The average Bonchev–Trinajstić information content (AvgIpc) is 2.51. The molecule has 0 aromatic heterocycles. The molecule has 1 aromatic rings. The fourth-order valence-electron chi connectivity index (χ4n) is 1.73. The van der Waals surface area contributed by atoms with Crippen molar-refractivity contribution >= 4 is 20.0 Å². The summed E-state index contributed by atoms with van der Waals surface area (Å²) in [5.41, 5.74) is 0. The number of ether oxygens (including phenoxy) is 2. The van der Waals surface area contributed by atoms with Crippen molar-refractivity contribution in [3.8, 4) is 11.5 Å². The highest BCUT2D eigenvalue weighted by atomic mass is 32.2. The van der Waals surface area contributed by atoms with Crippen LogP contribution in [0, 0.1) is 0 Å². The number of rotatable bonds is 10. The third-order valence-electron chi connectivity index (χ3n) is 2.92. The van der Waals surface area contributed by atoms with Crippen molar-refractivity contribution in [3.05, 3.63) is 18.2 Å². The molecule has 0 spiro atoms. The molecular weight excluding hydrogens is 344 g/mol. The van der Waals surface area contributed by atoms with E-state index in [1.165, 1.54) is 32.4 Å². The lowest BCUT2D eigenvalue weighted by Crippen LogP contribution is -2.39. The lowest BCUT2D eigenvalue weighted by Gasteiger charge is -2.11. The molecule has 8 nitrogen and oxygen atoms in total. The van der Waals surface area contributed by atoms with Crippen molar-refractivity contribution in [2.24, 2.45) is 0 Å². The Morgan fingerprint density at radius 3 is 2.13 bits per heavy atom. The van der Waals surface area contributed by atoms with Gasteiger partial charge in [0.2, 0.25) is 0 Å². The Balaban J connectivity index is 2.77. The van der Waals surface area contributed by atoms with E-state index in [-0.39, 0.29) is 23.7 Å². The van der Waals surface area contributed by atoms with Gasteiger partial charge in [-0.3, -0.25) is 0 Å². The smallest absolute Gasteiger partial charge is 0.276 e. The first kappa shape index (κ1) is 19.7. The molecule has 1 rings (SSSR count). The molecule has 0 aliphatic heterocycles. The largest absolute Gasteiger partial charge is 0.493 e. The molecular formula is C13H22N2O6S2. The number of sulfone groups is 1. The summed E-state index contributed by atoms with van der Waals surface area (Å²) >= 11 is 0. The molecule has 0 fully saturated rings. The maximum absolute atomic E-state index is 12.2. The first-order valence-electron chi connectivity index (χ1n) is 6.94. The standard InChI is InChI=1S/C13H22N2O6S2/c1-4-7-14-23(18,19)15-8-9-22(16,17)11-5-6-12(20-2)13(10-11)21-3/h5-6,10,14-15H,4,7-9H2,1-3H3. The Morgan fingerprint density at radius 1 is 0.957 bits per heavy atom. The van der Waals surface area contributed by atoms with Gasteiger partial charge in [0.1, 0.15) is 0 Å². The van der Waals surface area contributed by atoms with Gasteiger partial charge in [0.05, 0.1) is 24.9 Å². The first-order valence-corrected chi connectivity index (χ1v) is 10.1. The van der Waals surface area contributed by atoms with E-state index in [0.29, 0.717) is 17.9 Å². The van der Waals surface area contributed by atoms with Crippen LogP contribution in [0.1, 0.15) is 13.3 Å². The molecule has 0 saturated carbocycles. The number of hydrogen-bond donors (Lipinski definition) is 2.